The summed E-state index contributed by atoms with van der Waals surface area (Å²) < 4.78 is 0. The number of carbonyl (C=O) groups is 2. The number of hydrogen-bond donors (Lipinski definition) is 2. The lowest BCUT2D eigenvalue weighted by molar-refractivity contribution is 0.0696. The van der Waals surface area contributed by atoms with Crippen molar-refractivity contribution in [2.24, 2.45) is 0 Å². The summed E-state index contributed by atoms with van der Waals surface area (Å²) in [6.07, 6.45) is 0. The summed E-state index contributed by atoms with van der Waals surface area (Å²) in [5, 5.41) is 11.6. The summed E-state index contributed by atoms with van der Waals surface area (Å²) in [7, 11) is 0. The quantitative estimate of drug-likeness (QED) is 0.886. The van der Waals surface area contributed by atoms with Crippen LogP contribution in [0.4, 0.5) is 5.69 Å². The first-order valence-corrected chi connectivity index (χ1v) is 5.77. The highest BCUT2D eigenvalue weighted by atomic mass is 16.4. The molecule has 0 aliphatic heterocycles. The maximum Gasteiger partial charge on any atom is 0.335 e. The van der Waals surface area contributed by atoms with Crippen molar-refractivity contribution in [3.8, 4) is 0 Å². The minimum Gasteiger partial charge on any atom is -0.478 e. The number of anilines is 1. The molecule has 0 unspecified atom stereocenters. The fraction of sp³-hybridized carbons (Fsp3) is 0.0667. The van der Waals surface area contributed by atoms with Gasteiger partial charge in [-0.2, -0.15) is 0 Å². The number of carboxylic acid groups (broad SMARTS) is 1. The number of aryl methyl sites for hydroxylation is 1. The lowest BCUT2D eigenvalue weighted by Gasteiger charge is -2.06. The van der Waals surface area contributed by atoms with Crippen LogP contribution in [0.25, 0.3) is 0 Å². The van der Waals surface area contributed by atoms with Crippen molar-refractivity contribution in [2.75, 3.05) is 5.32 Å². The number of nitrogens with one attached hydrogen (secondary N) is 1. The number of carboxylic acids is 1. The van der Waals surface area contributed by atoms with Gasteiger partial charge in [-0.1, -0.05) is 23.8 Å². The standard InChI is InChI=1S/C15H13NO3/c1-10-4-2-5-11(8-10)14(17)16-13-7-3-6-12(9-13)15(18)19/h2-9H,1H3,(H,16,17)(H,18,19). The first kappa shape index (κ1) is 12.8. The van der Waals surface area contributed by atoms with Gasteiger partial charge in [0, 0.05) is 11.3 Å². The average molecular weight is 255 g/mol. The zero-order valence-corrected chi connectivity index (χ0v) is 10.4. The molecule has 1 amide bonds. The van der Waals surface area contributed by atoms with Gasteiger partial charge in [0.05, 0.1) is 5.56 Å². The van der Waals surface area contributed by atoms with E-state index >= 15 is 0 Å². The second-order valence-corrected chi connectivity index (χ2v) is 4.21. The Morgan fingerprint density at radius 3 is 2.37 bits per heavy atom. The number of aromatic carboxylic acids is 1. The Kier molecular flexibility index (Phi) is 3.61. The van der Waals surface area contributed by atoms with Crippen LogP contribution in [0.3, 0.4) is 0 Å². The summed E-state index contributed by atoms with van der Waals surface area (Å²) in [4.78, 5) is 22.8. The first-order chi connectivity index (χ1) is 9.06. The third-order valence-corrected chi connectivity index (χ3v) is 2.65. The van der Waals surface area contributed by atoms with Gasteiger partial charge in [-0.05, 0) is 37.3 Å². The smallest absolute Gasteiger partial charge is 0.335 e. The third kappa shape index (κ3) is 3.19. The fourth-order valence-corrected chi connectivity index (χ4v) is 1.72. The lowest BCUT2D eigenvalue weighted by Crippen LogP contribution is -2.12. The Balaban J connectivity index is 2.19. The molecule has 2 rings (SSSR count). The van der Waals surface area contributed by atoms with E-state index in [0.717, 1.165) is 5.56 Å². The minimum atomic E-state index is -1.02. The number of amides is 1. The van der Waals surface area contributed by atoms with Crippen LogP contribution in [0.15, 0.2) is 48.5 Å². The molecule has 2 N–H and O–H groups in total. The average Bonchev–Trinajstić information content (AvgIpc) is 2.39. The van der Waals surface area contributed by atoms with Crippen molar-refractivity contribution >= 4 is 17.6 Å². The van der Waals surface area contributed by atoms with Crippen molar-refractivity contribution in [3.05, 3.63) is 65.2 Å². The summed E-state index contributed by atoms with van der Waals surface area (Å²) in [5.41, 5.74) is 2.14. The molecule has 0 fully saturated rings. The lowest BCUT2D eigenvalue weighted by atomic mass is 10.1. The Morgan fingerprint density at radius 2 is 1.68 bits per heavy atom. The molecule has 0 radical (unpaired) electrons. The molecule has 0 aliphatic rings. The normalized spacial score (nSPS) is 9.95. The Bertz CT molecular complexity index is 635. The maximum atomic E-state index is 12.0. The van der Waals surface area contributed by atoms with Crippen molar-refractivity contribution < 1.29 is 14.7 Å². The van der Waals surface area contributed by atoms with E-state index in [1.165, 1.54) is 12.1 Å². The summed E-state index contributed by atoms with van der Waals surface area (Å²) in [5.74, 6) is -1.28. The highest BCUT2D eigenvalue weighted by Crippen LogP contribution is 2.13. The molecule has 0 aromatic heterocycles. The van der Waals surface area contributed by atoms with Gasteiger partial charge in [0.2, 0.25) is 0 Å². The van der Waals surface area contributed by atoms with E-state index in [9.17, 15) is 9.59 Å². The zero-order chi connectivity index (χ0) is 13.8. The van der Waals surface area contributed by atoms with E-state index in [0.29, 0.717) is 11.3 Å². The number of benzene rings is 2. The summed E-state index contributed by atoms with van der Waals surface area (Å²) in [6, 6.07) is 13.3. The van der Waals surface area contributed by atoms with Crippen molar-refractivity contribution in [1.29, 1.82) is 0 Å². The number of rotatable bonds is 3. The molecule has 0 bridgehead atoms. The van der Waals surface area contributed by atoms with Gasteiger partial charge in [-0.3, -0.25) is 4.79 Å². The molecule has 0 spiro atoms. The van der Waals surface area contributed by atoms with Gasteiger partial charge < -0.3 is 10.4 Å². The molecule has 2 aromatic rings. The molecule has 0 heterocycles. The molecule has 0 atom stereocenters. The van der Waals surface area contributed by atoms with E-state index in [2.05, 4.69) is 5.32 Å². The minimum absolute atomic E-state index is 0.141. The molecular formula is C15H13NO3. The predicted molar refractivity (Wildman–Crippen MR) is 72.5 cm³/mol. The monoisotopic (exact) mass is 255 g/mol. The van der Waals surface area contributed by atoms with Gasteiger partial charge in [0.15, 0.2) is 0 Å². The van der Waals surface area contributed by atoms with Crippen molar-refractivity contribution in [1.82, 2.24) is 0 Å². The van der Waals surface area contributed by atoms with Gasteiger partial charge >= 0.3 is 5.97 Å². The predicted octanol–water partition coefficient (Wildman–Crippen LogP) is 2.95. The second kappa shape index (κ2) is 5.35. The van der Waals surface area contributed by atoms with Crippen LogP contribution >= 0.6 is 0 Å². The highest BCUT2D eigenvalue weighted by Gasteiger charge is 2.08. The summed E-state index contributed by atoms with van der Waals surface area (Å²) >= 11 is 0. The topological polar surface area (TPSA) is 66.4 Å². The van der Waals surface area contributed by atoms with Gasteiger partial charge in [0.25, 0.3) is 5.91 Å². The summed E-state index contributed by atoms with van der Waals surface area (Å²) in [6.45, 7) is 1.90. The molecule has 19 heavy (non-hydrogen) atoms. The van der Waals surface area contributed by atoms with E-state index in [1.807, 2.05) is 13.0 Å². The number of carbonyl (C=O) groups excluding carboxylic acids is 1. The highest BCUT2D eigenvalue weighted by molar-refractivity contribution is 6.04. The molecule has 0 saturated carbocycles. The van der Waals surface area contributed by atoms with Crippen LogP contribution in [0.5, 0.6) is 0 Å². The first-order valence-electron chi connectivity index (χ1n) is 5.77. The molecule has 4 heteroatoms. The molecule has 4 nitrogen and oxygen atoms in total. The fourth-order valence-electron chi connectivity index (χ4n) is 1.72. The van der Waals surface area contributed by atoms with Crippen LogP contribution < -0.4 is 5.32 Å². The molecular weight excluding hydrogens is 242 g/mol. The van der Waals surface area contributed by atoms with E-state index in [4.69, 9.17) is 5.11 Å². The molecule has 0 saturated heterocycles. The van der Waals surface area contributed by atoms with Gasteiger partial charge in [0.1, 0.15) is 0 Å². The van der Waals surface area contributed by atoms with Crippen molar-refractivity contribution in [3.63, 3.8) is 0 Å². The third-order valence-electron chi connectivity index (χ3n) is 2.65. The molecule has 96 valence electrons. The van der Waals surface area contributed by atoms with E-state index in [-0.39, 0.29) is 11.5 Å². The van der Waals surface area contributed by atoms with Crippen molar-refractivity contribution in [2.45, 2.75) is 6.92 Å². The van der Waals surface area contributed by atoms with E-state index in [1.54, 1.807) is 30.3 Å². The Morgan fingerprint density at radius 1 is 1.00 bits per heavy atom. The van der Waals surface area contributed by atoms with Crippen LogP contribution in [-0.2, 0) is 0 Å². The Hall–Kier alpha value is -2.62. The second-order valence-electron chi connectivity index (χ2n) is 4.21. The largest absolute Gasteiger partial charge is 0.478 e. The molecule has 0 aliphatic carbocycles. The zero-order valence-electron chi connectivity index (χ0n) is 10.4. The van der Waals surface area contributed by atoms with Gasteiger partial charge in [-0.15, -0.1) is 0 Å². The van der Waals surface area contributed by atoms with Crippen LogP contribution in [-0.4, -0.2) is 17.0 Å². The van der Waals surface area contributed by atoms with Crippen LogP contribution in [0.2, 0.25) is 0 Å². The van der Waals surface area contributed by atoms with Crippen LogP contribution in [0, 0.1) is 6.92 Å². The molecule has 2 aromatic carbocycles. The van der Waals surface area contributed by atoms with E-state index < -0.39 is 5.97 Å². The van der Waals surface area contributed by atoms with Gasteiger partial charge in [-0.25, -0.2) is 4.79 Å². The Labute approximate surface area is 110 Å². The number of hydrogen-bond acceptors (Lipinski definition) is 2. The van der Waals surface area contributed by atoms with Crippen LogP contribution in [0.1, 0.15) is 26.3 Å². The maximum absolute atomic E-state index is 12.0. The SMILES string of the molecule is Cc1cccc(C(=O)Nc2cccc(C(=O)O)c2)c1.